The number of carboxylic acids is 1. The molecule has 0 aliphatic rings. The summed E-state index contributed by atoms with van der Waals surface area (Å²) in [6.45, 7) is 13.6. The van der Waals surface area contributed by atoms with E-state index in [1.165, 1.54) is 6.92 Å². The molecule has 0 heterocycles. The van der Waals surface area contributed by atoms with Gasteiger partial charge in [-0.25, -0.2) is 29.2 Å². The van der Waals surface area contributed by atoms with Crippen LogP contribution in [0.15, 0.2) is 34.3 Å². The molecular formula is C28H46ClF6N3O11. The van der Waals surface area contributed by atoms with Gasteiger partial charge >= 0.3 is 36.2 Å². The topological polar surface area (TPSA) is 205 Å². The van der Waals surface area contributed by atoms with E-state index in [9.17, 15) is 45.5 Å². The molecule has 0 radical (unpaired) electrons. The van der Waals surface area contributed by atoms with Gasteiger partial charge in [-0.15, -0.1) is 12.4 Å². The molecule has 0 saturated heterocycles. The molecule has 21 heteroatoms. The molecule has 4 N–H and O–H groups in total. The molecular weight excluding hydrogens is 704 g/mol. The number of rotatable bonds is 14. The molecule has 2 unspecified atom stereocenters. The Hall–Kier alpha value is -3.55. The van der Waals surface area contributed by atoms with Crippen molar-refractivity contribution in [2.75, 3.05) is 60.2 Å². The van der Waals surface area contributed by atoms with Gasteiger partial charge in [-0.05, 0) is 61.7 Å². The first-order valence-electron chi connectivity index (χ1n) is 13.6. The summed E-state index contributed by atoms with van der Waals surface area (Å²) in [5, 5.41) is 33.1. The number of aliphatic imine (C=N–C) groups is 2. The van der Waals surface area contributed by atoms with Gasteiger partial charge in [-0.3, -0.25) is 0 Å². The van der Waals surface area contributed by atoms with Gasteiger partial charge < -0.3 is 39.5 Å². The molecule has 0 aromatic rings. The lowest BCUT2D eigenvalue weighted by atomic mass is 10.1. The highest BCUT2D eigenvalue weighted by Gasteiger charge is 2.57. The summed E-state index contributed by atoms with van der Waals surface area (Å²) in [4.78, 5) is 52.0. The standard InChI is InChI=1S/C10H13F3O5.C8H17N3.C6H10O3.C4H5F3O3.ClH/c1-6(2)7(14)17-4-5-18-8(15)9(3,16)10(11,12)13;1-4-9-8-10-6-5-7-11(2)3;1-5(2)6(8)9-4-3-7;1-3(10,2(8)9)4(5,6)7;/h16H,1,4-5H2,2-3H3;4-7H2,1-3H3;7H,1,3-4H2,2H3;10H,1H3,(H,8,9);1H. The molecule has 288 valence electrons. The van der Waals surface area contributed by atoms with Crippen LogP contribution in [-0.4, -0.2) is 139 Å². The first kappa shape index (κ1) is 54.9. The Bertz CT molecular complexity index is 1090. The second kappa shape index (κ2) is 27.3. The lowest BCUT2D eigenvalue weighted by Gasteiger charge is -2.23. The average molecular weight is 750 g/mol. The van der Waals surface area contributed by atoms with Gasteiger partial charge in [0.25, 0.3) is 11.2 Å². The van der Waals surface area contributed by atoms with Crippen molar-refractivity contribution in [3.05, 3.63) is 24.3 Å². The number of ether oxygens (including phenoxy) is 3. The maximum absolute atomic E-state index is 12.2. The molecule has 0 rings (SSSR count). The van der Waals surface area contributed by atoms with Gasteiger partial charge in [0.1, 0.15) is 19.8 Å². The van der Waals surface area contributed by atoms with Crippen molar-refractivity contribution in [2.45, 2.75) is 64.6 Å². The van der Waals surface area contributed by atoms with E-state index < -0.39 is 60.6 Å². The first-order valence-corrected chi connectivity index (χ1v) is 13.6. The van der Waals surface area contributed by atoms with Gasteiger partial charge in [0.15, 0.2) is 0 Å². The molecule has 0 amide bonds. The summed E-state index contributed by atoms with van der Waals surface area (Å²) in [7, 11) is 4.12. The molecule has 0 aromatic carbocycles. The summed E-state index contributed by atoms with van der Waals surface area (Å²) in [5.41, 5.74) is -6.79. The maximum Gasteiger partial charge on any atom is 0.427 e. The van der Waals surface area contributed by atoms with Gasteiger partial charge in [-0.1, -0.05) is 13.2 Å². The summed E-state index contributed by atoms with van der Waals surface area (Å²) in [5.74, 6) is -5.38. The second-order valence-electron chi connectivity index (χ2n) is 9.75. The number of carbonyl (C=O) groups excluding carboxylic acids is 3. The smallest absolute Gasteiger partial charge is 0.427 e. The molecule has 14 nitrogen and oxygen atoms in total. The third kappa shape index (κ3) is 28.0. The third-order valence-electron chi connectivity index (χ3n) is 4.66. The summed E-state index contributed by atoms with van der Waals surface area (Å²) >= 11 is 0. The quantitative estimate of drug-likeness (QED) is 0.0506. The van der Waals surface area contributed by atoms with Crippen molar-refractivity contribution in [1.82, 2.24) is 4.90 Å². The third-order valence-corrected chi connectivity index (χ3v) is 4.66. The summed E-state index contributed by atoms with van der Waals surface area (Å²) in [6.07, 6.45) is -9.18. The van der Waals surface area contributed by atoms with Crippen molar-refractivity contribution < 1.29 is 80.2 Å². The first-order chi connectivity index (χ1) is 21.6. The number of aliphatic hydroxyl groups excluding tert-OH is 1. The fourth-order valence-electron chi connectivity index (χ4n) is 1.67. The van der Waals surface area contributed by atoms with Gasteiger partial charge in [-0.2, -0.15) is 26.3 Å². The maximum atomic E-state index is 12.2. The molecule has 0 spiro atoms. The number of alkyl halides is 6. The van der Waals surface area contributed by atoms with E-state index in [1.807, 2.05) is 6.92 Å². The second-order valence-corrected chi connectivity index (χ2v) is 9.75. The van der Waals surface area contributed by atoms with Gasteiger partial charge in [0.2, 0.25) is 0 Å². The SMILES string of the molecule is C=C(C)C(=O)OCCO.C=C(C)C(=O)OCCOC(=O)C(C)(O)C(F)(F)F.CC(O)(C(=O)O)C(F)(F)F.CCN=C=NCCCN(C)C.Cl. The van der Waals surface area contributed by atoms with E-state index in [4.69, 9.17) is 20.4 Å². The summed E-state index contributed by atoms with van der Waals surface area (Å²) < 4.78 is 84.0. The predicted molar refractivity (Wildman–Crippen MR) is 166 cm³/mol. The number of carboxylic acid groups (broad SMARTS) is 1. The Morgan fingerprint density at radius 3 is 1.51 bits per heavy atom. The van der Waals surface area contributed by atoms with E-state index in [1.54, 1.807) is 6.92 Å². The van der Waals surface area contributed by atoms with Crippen LogP contribution >= 0.6 is 12.4 Å². The van der Waals surface area contributed by atoms with Crippen molar-refractivity contribution in [1.29, 1.82) is 0 Å². The van der Waals surface area contributed by atoms with Crippen LogP contribution in [0, 0.1) is 0 Å². The summed E-state index contributed by atoms with van der Waals surface area (Å²) in [6, 6.07) is 2.64. The van der Waals surface area contributed by atoms with Crippen LogP contribution in [-0.2, 0) is 33.4 Å². The number of aliphatic hydroxyl groups is 3. The highest BCUT2D eigenvalue weighted by molar-refractivity contribution is 5.87. The van der Waals surface area contributed by atoms with Crippen molar-refractivity contribution >= 4 is 42.3 Å². The lowest BCUT2D eigenvalue weighted by molar-refractivity contribution is -0.257. The molecule has 0 bridgehead atoms. The minimum Gasteiger partial charge on any atom is -0.479 e. The van der Waals surface area contributed by atoms with Crippen molar-refractivity contribution in [2.24, 2.45) is 9.98 Å². The Balaban J connectivity index is -0.000000182. The van der Waals surface area contributed by atoms with Gasteiger partial charge in [0.05, 0.1) is 19.2 Å². The number of aliphatic carboxylic acids is 1. The van der Waals surface area contributed by atoms with E-state index in [2.05, 4.69) is 62.4 Å². The van der Waals surface area contributed by atoms with E-state index in [0.717, 1.165) is 26.1 Å². The number of hydrogen-bond donors (Lipinski definition) is 4. The predicted octanol–water partition coefficient (Wildman–Crippen LogP) is 3.00. The zero-order valence-corrected chi connectivity index (χ0v) is 29.1. The van der Waals surface area contributed by atoms with Crippen LogP contribution in [0.2, 0.25) is 0 Å². The van der Waals surface area contributed by atoms with E-state index >= 15 is 0 Å². The molecule has 0 aliphatic carbocycles. The number of esters is 3. The minimum atomic E-state index is -5.14. The number of nitrogens with zero attached hydrogens (tertiary/aromatic N) is 3. The van der Waals surface area contributed by atoms with Crippen LogP contribution in [0.25, 0.3) is 0 Å². The largest absolute Gasteiger partial charge is 0.479 e. The molecule has 0 fully saturated rings. The van der Waals surface area contributed by atoms with E-state index in [0.29, 0.717) is 5.57 Å². The number of halogens is 7. The molecule has 49 heavy (non-hydrogen) atoms. The zero-order valence-electron chi connectivity index (χ0n) is 28.2. The fourth-order valence-corrected chi connectivity index (χ4v) is 1.67. The Kier molecular flexibility index (Phi) is 30.6. The molecule has 0 saturated carbocycles. The molecule has 0 aromatic heterocycles. The van der Waals surface area contributed by atoms with Crippen LogP contribution in [0.3, 0.4) is 0 Å². The average Bonchev–Trinajstić information content (AvgIpc) is 2.95. The molecule has 2 atom stereocenters. The van der Waals surface area contributed by atoms with Crippen molar-refractivity contribution in [3.63, 3.8) is 0 Å². The van der Waals surface area contributed by atoms with Crippen LogP contribution < -0.4 is 0 Å². The van der Waals surface area contributed by atoms with Crippen LogP contribution in [0.4, 0.5) is 26.3 Å². The van der Waals surface area contributed by atoms with Gasteiger partial charge in [0, 0.05) is 17.7 Å². The van der Waals surface area contributed by atoms with Crippen LogP contribution in [0.5, 0.6) is 0 Å². The Morgan fingerprint density at radius 2 is 1.20 bits per heavy atom. The fraction of sp³-hybridized carbons (Fsp3) is 0.679. The highest BCUT2D eigenvalue weighted by Crippen LogP contribution is 2.31. The minimum absolute atomic E-state index is 0. The lowest BCUT2D eigenvalue weighted by Crippen LogP contribution is -2.50. The van der Waals surface area contributed by atoms with Crippen molar-refractivity contribution in [3.8, 4) is 0 Å². The monoisotopic (exact) mass is 749 g/mol. The Morgan fingerprint density at radius 1 is 0.796 bits per heavy atom. The normalized spacial score (nSPS) is 12.8. The molecule has 0 aliphatic heterocycles. The zero-order chi connectivity index (χ0) is 38.9. The highest BCUT2D eigenvalue weighted by atomic mass is 35.5. The number of carbonyl (C=O) groups is 4. The van der Waals surface area contributed by atoms with Crippen LogP contribution in [0.1, 0.15) is 41.0 Å². The van der Waals surface area contributed by atoms with E-state index in [-0.39, 0.29) is 45.0 Å². The number of hydrogen-bond acceptors (Lipinski definition) is 13. The Labute approximate surface area is 286 Å².